The van der Waals surface area contributed by atoms with Crippen molar-refractivity contribution in [1.29, 1.82) is 0 Å². The topological polar surface area (TPSA) is 57.9 Å². The number of hydrogen-bond acceptors (Lipinski definition) is 3. The minimum Gasteiger partial charge on any atom is -0.339 e. The molecule has 2 aromatic heterocycles. The van der Waals surface area contributed by atoms with Gasteiger partial charge in [0.15, 0.2) is 5.69 Å². The van der Waals surface area contributed by atoms with Crippen LogP contribution < -0.4 is 0 Å². The SMILES string of the molecule is CCCCN(C)C(=O)c1nc(C(=O)N(CC)CC)c2ccccn12. The summed E-state index contributed by atoms with van der Waals surface area (Å²) in [6.07, 6.45) is 3.74. The number of amides is 2. The molecule has 0 saturated carbocycles. The van der Waals surface area contributed by atoms with Crippen molar-refractivity contribution in [3.63, 3.8) is 0 Å². The number of pyridine rings is 1. The lowest BCUT2D eigenvalue weighted by atomic mass is 10.3. The fraction of sp³-hybridized carbons (Fsp3) is 0.500. The molecule has 0 fully saturated rings. The van der Waals surface area contributed by atoms with Crippen molar-refractivity contribution in [3.8, 4) is 0 Å². The van der Waals surface area contributed by atoms with Gasteiger partial charge in [-0.3, -0.25) is 14.0 Å². The van der Waals surface area contributed by atoms with E-state index in [1.54, 1.807) is 27.4 Å². The van der Waals surface area contributed by atoms with Gasteiger partial charge in [0.25, 0.3) is 11.8 Å². The van der Waals surface area contributed by atoms with E-state index < -0.39 is 0 Å². The highest BCUT2D eigenvalue weighted by atomic mass is 16.2. The van der Waals surface area contributed by atoms with E-state index in [0.29, 0.717) is 36.7 Å². The first-order chi connectivity index (χ1) is 11.5. The molecule has 0 N–H and O–H groups in total. The normalized spacial score (nSPS) is 10.8. The lowest BCUT2D eigenvalue weighted by Gasteiger charge is -2.17. The van der Waals surface area contributed by atoms with Gasteiger partial charge < -0.3 is 9.80 Å². The number of carbonyl (C=O) groups is 2. The molecule has 0 atom stereocenters. The van der Waals surface area contributed by atoms with Crippen LogP contribution >= 0.6 is 0 Å². The predicted octanol–water partition coefficient (Wildman–Crippen LogP) is 2.69. The van der Waals surface area contributed by atoms with Gasteiger partial charge in [0.2, 0.25) is 5.82 Å². The van der Waals surface area contributed by atoms with Crippen LogP contribution in [0.2, 0.25) is 0 Å². The molecular weight excluding hydrogens is 304 g/mol. The van der Waals surface area contributed by atoms with Crippen LogP contribution in [0.4, 0.5) is 0 Å². The van der Waals surface area contributed by atoms with Crippen LogP contribution in [0.3, 0.4) is 0 Å². The number of unbranched alkanes of at least 4 members (excludes halogenated alkanes) is 1. The van der Waals surface area contributed by atoms with Gasteiger partial charge in [-0.25, -0.2) is 4.98 Å². The maximum Gasteiger partial charge on any atom is 0.289 e. The van der Waals surface area contributed by atoms with E-state index in [1.807, 2.05) is 32.0 Å². The molecule has 0 radical (unpaired) electrons. The van der Waals surface area contributed by atoms with E-state index in [-0.39, 0.29) is 11.8 Å². The van der Waals surface area contributed by atoms with E-state index in [4.69, 9.17) is 0 Å². The van der Waals surface area contributed by atoms with Gasteiger partial charge >= 0.3 is 0 Å². The molecule has 0 aliphatic carbocycles. The van der Waals surface area contributed by atoms with E-state index in [1.165, 1.54) is 0 Å². The Morgan fingerprint density at radius 1 is 1.12 bits per heavy atom. The fourth-order valence-corrected chi connectivity index (χ4v) is 2.67. The molecule has 0 aliphatic rings. The second-order valence-electron chi connectivity index (χ2n) is 5.80. The zero-order chi connectivity index (χ0) is 17.7. The minimum atomic E-state index is -0.164. The first-order valence-electron chi connectivity index (χ1n) is 8.56. The number of nitrogens with zero attached hydrogens (tertiary/aromatic N) is 4. The lowest BCUT2D eigenvalue weighted by Crippen LogP contribution is -2.31. The van der Waals surface area contributed by atoms with Gasteiger partial charge in [-0.15, -0.1) is 0 Å². The second-order valence-corrected chi connectivity index (χ2v) is 5.80. The zero-order valence-corrected chi connectivity index (χ0v) is 15.0. The Morgan fingerprint density at radius 2 is 1.83 bits per heavy atom. The van der Waals surface area contributed by atoms with E-state index in [9.17, 15) is 9.59 Å². The molecule has 2 aromatic rings. The highest BCUT2D eigenvalue weighted by Gasteiger charge is 2.25. The third-order valence-electron chi connectivity index (χ3n) is 4.19. The Balaban J connectivity index is 2.46. The average Bonchev–Trinajstić information content (AvgIpc) is 2.99. The van der Waals surface area contributed by atoms with Gasteiger partial charge in [0.05, 0.1) is 5.52 Å². The molecule has 24 heavy (non-hydrogen) atoms. The third-order valence-corrected chi connectivity index (χ3v) is 4.19. The zero-order valence-electron chi connectivity index (χ0n) is 15.0. The van der Waals surface area contributed by atoms with Crippen LogP contribution in [-0.4, -0.2) is 57.7 Å². The van der Waals surface area contributed by atoms with Gasteiger partial charge in [-0.1, -0.05) is 19.4 Å². The second kappa shape index (κ2) is 7.95. The van der Waals surface area contributed by atoms with E-state index in [2.05, 4.69) is 11.9 Å². The number of hydrogen-bond donors (Lipinski definition) is 0. The molecule has 2 amide bonds. The molecule has 0 spiro atoms. The number of rotatable bonds is 7. The van der Waals surface area contributed by atoms with Crippen LogP contribution in [0.5, 0.6) is 0 Å². The quantitative estimate of drug-likeness (QED) is 0.784. The molecule has 130 valence electrons. The third kappa shape index (κ3) is 3.42. The summed E-state index contributed by atoms with van der Waals surface area (Å²) in [7, 11) is 1.77. The van der Waals surface area contributed by atoms with E-state index in [0.717, 1.165) is 12.8 Å². The van der Waals surface area contributed by atoms with Crippen LogP contribution in [0.1, 0.15) is 54.7 Å². The Labute approximate surface area is 143 Å². The molecule has 6 nitrogen and oxygen atoms in total. The van der Waals surface area contributed by atoms with Crippen molar-refractivity contribution < 1.29 is 9.59 Å². The molecule has 6 heteroatoms. The van der Waals surface area contributed by atoms with Crippen LogP contribution in [0, 0.1) is 0 Å². The Morgan fingerprint density at radius 3 is 2.46 bits per heavy atom. The highest BCUT2D eigenvalue weighted by Crippen LogP contribution is 2.16. The van der Waals surface area contributed by atoms with Crippen molar-refractivity contribution >= 4 is 17.3 Å². The summed E-state index contributed by atoms with van der Waals surface area (Å²) in [6.45, 7) is 7.86. The molecule has 0 bridgehead atoms. The summed E-state index contributed by atoms with van der Waals surface area (Å²) in [4.78, 5) is 33.2. The lowest BCUT2D eigenvalue weighted by molar-refractivity contribution is 0.0768. The molecule has 2 rings (SSSR count). The van der Waals surface area contributed by atoms with Crippen molar-refractivity contribution in [2.75, 3.05) is 26.7 Å². The van der Waals surface area contributed by atoms with E-state index >= 15 is 0 Å². The molecule has 0 aromatic carbocycles. The van der Waals surface area contributed by atoms with Gasteiger partial charge in [-0.05, 0) is 32.4 Å². The van der Waals surface area contributed by atoms with Gasteiger partial charge in [-0.2, -0.15) is 0 Å². The van der Waals surface area contributed by atoms with Crippen LogP contribution in [0.15, 0.2) is 24.4 Å². The van der Waals surface area contributed by atoms with Gasteiger partial charge in [0.1, 0.15) is 0 Å². The summed E-state index contributed by atoms with van der Waals surface area (Å²) in [5.74, 6) is -0.0121. The monoisotopic (exact) mass is 330 g/mol. The number of aromatic nitrogens is 2. The van der Waals surface area contributed by atoms with Gasteiger partial charge in [0, 0.05) is 32.9 Å². The summed E-state index contributed by atoms with van der Waals surface area (Å²) in [5.41, 5.74) is 1.01. The summed E-state index contributed by atoms with van der Waals surface area (Å²) < 4.78 is 1.71. The number of carbonyl (C=O) groups excluding carboxylic acids is 2. The first kappa shape index (κ1) is 18.0. The fourth-order valence-electron chi connectivity index (χ4n) is 2.67. The number of imidazole rings is 1. The molecule has 0 aliphatic heterocycles. The summed E-state index contributed by atoms with van der Waals surface area (Å²) >= 11 is 0. The molecule has 2 heterocycles. The van der Waals surface area contributed by atoms with Crippen molar-refractivity contribution in [3.05, 3.63) is 35.9 Å². The maximum atomic E-state index is 12.7. The molecule has 0 unspecified atom stereocenters. The Bertz CT molecular complexity index is 719. The van der Waals surface area contributed by atoms with Crippen molar-refractivity contribution in [1.82, 2.24) is 19.2 Å². The summed E-state index contributed by atoms with van der Waals surface area (Å²) in [5, 5.41) is 0. The molecular formula is C18H26N4O2. The largest absolute Gasteiger partial charge is 0.339 e. The van der Waals surface area contributed by atoms with Crippen LogP contribution in [0.25, 0.3) is 5.52 Å². The minimum absolute atomic E-state index is 0.140. The number of fused-ring (bicyclic) bond motifs is 1. The Hall–Kier alpha value is -2.37. The maximum absolute atomic E-state index is 12.7. The average molecular weight is 330 g/mol. The summed E-state index contributed by atoms with van der Waals surface area (Å²) in [6, 6.07) is 5.51. The standard InChI is InChI=1S/C18H26N4O2/c1-5-8-12-20(4)18(24)16-19-15(17(23)21(6-2)7-3)14-11-9-10-13-22(14)16/h9-11,13H,5-8,12H2,1-4H3. The predicted molar refractivity (Wildman–Crippen MR) is 94.3 cm³/mol. The first-order valence-corrected chi connectivity index (χ1v) is 8.56. The van der Waals surface area contributed by atoms with Crippen molar-refractivity contribution in [2.45, 2.75) is 33.6 Å². The highest BCUT2D eigenvalue weighted by molar-refractivity contribution is 6.02. The van der Waals surface area contributed by atoms with Crippen molar-refractivity contribution in [2.24, 2.45) is 0 Å². The molecule has 0 saturated heterocycles. The van der Waals surface area contributed by atoms with Crippen LogP contribution in [-0.2, 0) is 0 Å². The smallest absolute Gasteiger partial charge is 0.289 e. The Kier molecular flexibility index (Phi) is 5.95.